The van der Waals surface area contributed by atoms with E-state index < -0.39 is 5.97 Å². The lowest BCUT2D eigenvalue weighted by atomic mass is 10.4. The highest BCUT2D eigenvalue weighted by atomic mass is 35.5. The standard InChI is InChI=1S/C11H11ClN2O3/c1-3-17-11(15)8-6-14-5-7(12)4-9(16-2)10(14)13-8/h4-6H,3H2,1-2H3. The number of pyridine rings is 1. The van der Waals surface area contributed by atoms with Gasteiger partial charge in [-0.25, -0.2) is 9.78 Å². The minimum atomic E-state index is -0.464. The first-order chi connectivity index (χ1) is 8.15. The van der Waals surface area contributed by atoms with Crippen molar-refractivity contribution in [1.29, 1.82) is 0 Å². The normalized spacial score (nSPS) is 10.5. The van der Waals surface area contributed by atoms with E-state index in [0.29, 0.717) is 23.0 Å². The summed E-state index contributed by atoms with van der Waals surface area (Å²) >= 11 is 5.91. The van der Waals surface area contributed by atoms with Crippen molar-refractivity contribution in [3.05, 3.63) is 29.2 Å². The molecule has 0 fully saturated rings. The molecular weight excluding hydrogens is 244 g/mol. The van der Waals surface area contributed by atoms with E-state index in [2.05, 4.69) is 4.98 Å². The highest BCUT2D eigenvalue weighted by Crippen LogP contribution is 2.23. The highest BCUT2D eigenvalue weighted by Gasteiger charge is 2.14. The molecule has 5 nitrogen and oxygen atoms in total. The molecule has 0 atom stereocenters. The summed E-state index contributed by atoms with van der Waals surface area (Å²) in [4.78, 5) is 15.7. The van der Waals surface area contributed by atoms with E-state index in [9.17, 15) is 4.79 Å². The molecule has 2 rings (SSSR count). The second-order valence-electron chi connectivity index (χ2n) is 3.30. The number of rotatable bonds is 3. The number of methoxy groups -OCH3 is 1. The fourth-order valence-corrected chi connectivity index (χ4v) is 1.69. The van der Waals surface area contributed by atoms with Crippen LogP contribution in [0.3, 0.4) is 0 Å². The van der Waals surface area contributed by atoms with E-state index in [1.165, 1.54) is 7.11 Å². The Morgan fingerprint density at radius 1 is 1.53 bits per heavy atom. The van der Waals surface area contributed by atoms with Crippen LogP contribution < -0.4 is 4.74 Å². The van der Waals surface area contributed by atoms with Crippen LogP contribution in [-0.4, -0.2) is 29.1 Å². The molecule has 0 radical (unpaired) electrons. The van der Waals surface area contributed by atoms with Crippen molar-refractivity contribution < 1.29 is 14.3 Å². The van der Waals surface area contributed by atoms with Gasteiger partial charge in [0.2, 0.25) is 0 Å². The second kappa shape index (κ2) is 4.63. The van der Waals surface area contributed by atoms with Crippen LogP contribution in [0.2, 0.25) is 5.02 Å². The molecule has 90 valence electrons. The lowest BCUT2D eigenvalue weighted by Gasteiger charge is -2.01. The zero-order chi connectivity index (χ0) is 12.4. The van der Waals surface area contributed by atoms with E-state index in [-0.39, 0.29) is 5.69 Å². The highest BCUT2D eigenvalue weighted by molar-refractivity contribution is 6.30. The number of hydrogen-bond donors (Lipinski definition) is 0. The van der Waals surface area contributed by atoms with Crippen molar-refractivity contribution >= 4 is 23.2 Å². The van der Waals surface area contributed by atoms with Crippen molar-refractivity contribution in [2.75, 3.05) is 13.7 Å². The molecule has 2 heterocycles. The Hall–Kier alpha value is -1.75. The van der Waals surface area contributed by atoms with Gasteiger partial charge in [0.1, 0.15) is 0 Å². The van der Waals surface area contributed by atoms with Crippen LogP contribution in [0.25, 0.3) is 5.65 Å². The van der Waals surface area contributed by atoms with E-state index in [1.54, 1.807) is 29.8 Å². The van der Waals surface area contributed by atoms with Gasteiger partial charge >= 0.3 is 5.97 Å². The molecule has 2 aromatic rings. The van der Waals surface area contributed by atoms with Crippen LogP contribution in [0.1, 0.15) is 17.4 Å². The third-order valence-electron chi connectivity index (χ3n) is 2.19. The van der Waals surface area contributed by atoms with Crippen LogP contribution in [0.4, 0.5) is 0 Å². The first kappa shape index (κ1) is 11.7. The third-order valence-corrected chi connectivity index (χ3v) is 2.40. The summed E-state index contributed by atoms with van der Waals surface area (Å²) in [5.41, 5.74) is 0.757. The average Bonchev–Trinajstić information content (AvgIpc) is 2.71. The van der Waals surface area contributed by atoms with E-state index in [1.807, 2.05) is 0 Å². The number of halogens is 1. The molecule has 6 heteroatoms. The molecule has 0 bridgehead atoms. The Balaban J connectivity index is 2.53. The van der Waals surface area contributed by atoms with Gasteiger partial charge in [-0.1, -0.05) is 11.6 Å². The summed E-state index contributed by atoms with van der Waals surface area (Å²) in [6.45, 7) is 2.05. The molecule has 0 N–H and O–H groups in total. The maximum atomic E-state index is 11.5. The van der Waals surface area contributed by atoms with Gasteiger partial charge in [0, 0.05) is 18.5 Å². The summed E-state index contributed by atoms with van der Waals surface area (Å²) in [5, 5.41) is 0.502. The number of nitrogens with zero attached hydrogens (tertiary/aromatic N) is 2. The molecule has 0 saturated heterocycles. The molecule has 0 spiro atoms. The lowest BCUT2D eigenvalue weighted by molar-refractivity contribution is 0.0520. The monoisotopic (exact) mass is 254 g/mol. The second-order valence-corrected chi connectivity index (χ2v) is 3.74. The number of aromatic nitrogens is 2. The number of hydrogen-bond acceptors (Lipinski definition) is 4. The van der Waals surface area contributed by atoms with Gasteiger partial charge < -0.3 is 13.9 Å². The summed E-state index contributed by atoms with van der Waals surface area (Å²) < 4.78 is 11.6. The minimum Gasteiger partial charge on any atom is -0.493 e. The molecule has 0 aliphatic carbocycles. The Bertz CT molecular complexity index is 565. The molecule has 0 aliphatic heterocycles. The Labute approximate surface area is 103 Å². The fourth-order valence-electron chi connectivity index (χ4n) is 1.49. The summed E-state index contributed by atoms with van der Waals surface area (Å²) in [5.74, 6) is 0.0439. The predicted octanol–water partition coefficient (Wildman–Crippen LogP) is 2.17. The van der Waals surface area contributed by atoms with Gasteiger partial charge in [-0.05, 0) is 6.92 Å². The molecule has 17 heavy (non-hydrogen) atoms. The number of imidazole rings is 1. The maximum Gasteiger partial charge on any atom is 0.358 e. The quantitative estimate of drug-likeness (QED) is 0.788. The zero-order valence-corrected chi connectivity index (χ0v) is 10.2. The van der Waals surface area contributed by atoms with Gasteiger partial charge in [-0.2, -0.15) is 0 Å². The van der Waals surface area contributed by atoms with E-state index >= 15 is 0 Å². The van der Waals surface area contributed by atoms with Gasteiger partial charge in [-0.15, -0.1) is 0 Å². The third kappa shape index (κ3) is 2.19. The topological polar surface area (TPSA) is 52.8 Å². The molecular formula is C11H11ClN2O3. The number of ether oxygens (including phenoxy) is 2. The van der Waals surface area contributed by atoms with Crippen LogP contribution in [0, 0.1) is 0 Å². The van der Waals surface area contributed by atoms with Gasteiger partial charge in [0.15, 0.2) is 17.1 Å². The van der Waals surface area contributed by atoms with E-state index in [4.69, 9.17) is 21.1 Å². The molecule has 0 unspecified atom stereocenters. The number of esters is 1. The first-order valence-electron chi connectivity index (χ1n) is 5.05. The zero-order valence-electron chi connectivity index (χ0n) is 9.44. The minimum absolute atomic E-state index is 0.229. The van der Waals surface area contributed by atoms with Gasteiger partial charge in [0.05, 0.1) is 18.7 Å². The smallest absolute Gasteiger partial charge is 0.358 e. The van der Waals surface area contributed by atoms with Crippen molar-refractivity contribution in [3.8, 4) is 5.75 Å². The Kier molecular flexibility index (Phi) is 3.19. The molecule has 0 amide bonds. The van der Waals surface area contributed by atoms with Crippen LogP contribution in [-0.2, 0) is 4.74 Å². The van der Waals surface area contributed by atoms with Crippen molar-refractivity contribution in [2.45, 2.75) is 6.92 Å². The van der Waals surface area contributed by atoms with E-state index in [0.717, 1.165) is 0 Å². The average molecular weight is 255 g/mol. The summed E-state index contributed by atoms with van der Waals surface area (Å²) in [6, 6.07) is 1.64. The van der Waals surface area contributed by atoms with Crippen molar-refractivity contribution in [2.24, 2.45) is 0 Å². The fraction of sp³-hybridized carbons (Fsp3) is 0.273. The van der Waals surface area contributed by atoms with Crippen molar-refractivity contribution in [1.82, 2.24) is 9.38 Å². The Morgan fingerprint density at radius 3 is 2.94 bits per heavy atom. The Morgan fingerprint density at radius 2 is 2.29 bits per heavy atom. The predicted molar refractivity (Wildman–Crippen MR) is 62.7 cm³/mol. The van der Waals surface area contributed by atoms with Crippen LogP contribution in [0.5, 0.6) is 5.75 Å². The number of carbonyl (C=O) groups excluding carboxylic acids is 1. The molecule has 0 saturated carbocycles. The lowest BCUT2D eigenvalue weighted by Crippen LogP contribution is -2.04. The van der Waals surface area contributed by atoms with Crippen LogP contribution >= 0.6 is 11.6 Å². The first-order valence-corrected chi connectivity index (χ1v) is 5.43. The summed E-state index contributed by atoms with van der Waals surface area (Å²) in [7, 11) is 1.52. The molecule has 0 aromatic carbocycles. The summed E-state index contributed by atoms with van der Waals surface area (Å²) in [6.07, 6.45) is 3.21. The van der Waals surface area contributed by atoms with Crippen molar-refractivity contribution in [3.63, 3.8) is 0 Å². The molecule has 2 aromatic heterocycles. The maximum absolute atomic E-state index is 11.5. The number of fused-ring (bicyclic) bond motifs is 1. The molecule has 0 aliphatic rings. The van der Waals surface area contributed by atoms with Gasteiger partial charge in [0.25, 0.3) is 0 Å². The largest absolute Gasteiger partial charge is 0.493 e. The SMILES string of the molecule is CCOC(=O)c1cn2cc(Cl)cc(OC)c2n1. The number of carbonyl (C=O) groups is 1. The van der Waals surface area contributed by atoms with Gasteiger partial charge in [-0.3, -0.25) is 0 Å². The van der Waals surface area contributed by atoms with Crippen LogP contribution in [0.15, 0.2) is 18.5 Å².